The second kappa shape index (κ2) is 7.43. The van der Waals surface area contributed by atoms with Crippen molar-refractivity contribution in [1.29, 1.82) is 0 Å². The van der Waals surface area contributed by atoms with Crippen LogP contribution in [-0.4, -0.2) is 32.0 Å². The molecule has 0 radical (unpaired) electrons. The minimum absolute atomic E-state index is 0.205. The average Bonchev–Trinajstić information content (AvgIpc) is 3.38. The number of nitrogens with zero attached hydrogens (tertiary/aromatic N) is 3. The zero-order valence-corrected chi connectivity index (χ0v) is 18.5. The normalized spacial score (nSPS) is 15.8. The van der Waals surface area contributed by atoms with Crippen LogP contribution in [0.4, 0.5) is 4.39 Å². The highest BCUT2D eigenvalue weighted by Crippen LogP contribution is 2.48. The Balaban J connectivity index is 1.46. The molecule has 1 aliphatic rings. The molecule has 1 saturated carbocycles. The first kappa shape index (κ1) is 20.7. The molecule has 0 amide bonds. The number of aromatic nitrogens is 4. The number of halogens is 1. The predicted molar refractivity (Wildman–Crippen MR) is 120 cm³/mol. The van der Waals surface area contributed by atoms with Gasteiger partial charge >= 0.3 is 0 Å². The topological polar surface area (TPSA) is 88.0 Å². The molecule has 1 atom stereocenters. The summed E-state index contributed by atoms with van der Waals surface area (Å²) in [5, 5.41) is 22.6. The summed E-state index contributed by atoms with van der Waals surface area (Å²) in [7, 11) is 3.35. The summed E-state index contributed by atoms with van der Waals surface area (Å²) >= 11 is 0. The summed E-state index contributed by atoms with van der Waals surface area (Å²) in [6.07, 6.45) is 0.794. The van der Waals surface area contributed by atoms with E-state index in [-0.39, 0.29) is 5.75 Å². The maximum absolute atomic E-state index is 13.9. The van der Waals surface area contributed by atoms with Gasteiger partial charge in [0.25, 0.3) is 0 Å². The van der Waals surface area contributed by atoms with Gasteiger partial charge in [-0.05, 0) is 62.6 Å². The summed E-state index contributed by atoms with van der Waals surface area (Å²) < 4.78 is 20.9. The minimum atomic E-state index is -0.909. The Morgan fingerprint density at radius 3 is 2.66 bits per heavy atom. The molecule has 0 saturated heterocycles. The van der Waals surface area contributed by atoms with E-state index in [4.69, 9.17) is 9.72 Å². The Kier molecular flexibility index (Phi) is 4.79. The lowest BCUT2D eigenvalue weighted by Crippen LogP contribution is -2.33. The molecular weight excluding hydrogens is 409 g/mol. The fourth-order valence-electron chi connectivity index (χ4n) is 4.48. The molecule has 0 aliphatic heterocycles. The van der Waals surface area contributed by atoms with E-state index < -0.39 is 17.6 Å². The van der Waals surface area contributed by atoms with Crippen molar-refractivity contribution in [2.45, 2.75) is 38.5 Å². The smallest absolute Gasteiger partial charge is 0.165 e. The Hall–Kier alpha value is -3.23. The number of aliphatic hydroxyl groups excluding tert-OH is 1. The number of aryl methyl sites for hydroxylation is 3. The molecule has 8 heteroatoms. The van der Waals surface area contributed by atoms with Crippen molar-refractivity contribution in [3.8, 4) is 17.0 Å². The van der Waals surface area contributed by atoms with Crippen molar-refractivity contribution in [3.05, 3.63) is 64.9 Å². The molecular formula is C24H26FN5O2. The molecule has 1 unspecified atom stereocenters. The number of H-pyrrole nitrogens is 1. The van der Waals surface area contributed by atoms with Gasteiger partial charge in [0.1, 0.15) is 11.9 Å². The average molecular weight is 436 g/mol. The first-order chi connectivity index (χ1) is 15.3. The maximum Gasteiger partial charge on any atom is 0.165 e. The Bertz CT molecular complexity index is 1300. The fourth-order valence-corrected chi connectivity index (χ4v) is 4.48. The summed E-state index contributed by atoms with van der Waals surface area (Å²) in [5.41, 5.74) is 5.70. The maximum atomic E-state index is 13.9. The van der Waals surface area contributed by atoms with E-state index >= 15 is 0 Å². The lowest BCUT2D eigenvalue weighted by atomic mass is 10.0. The fraction of sp³-hybridized carbons (Fsp3) is 0.333. The molecule has 3 heterocycles. The van der Waals surface area contributed by atoms with Crippen LogP contribution in [0, 0.1) is 19.7 Å². The molecule has 3 aromatic heterocycles. The number of nitrogens with one attached hydrogen (secondary N) is 2. The van der Waals surface area contributed by atoms with Gasteiger partial charge in [0, 0.05) is 29.2 Å². The van der Waals surface area contributed by atoms with E-state index in [1.54, 1.807) is 12.1 Å². The number of aliphatic hydroxyl groups is 1. The number of aromatic amines is 1. The third-order valence-corrected chi connectivity index (χ3v) is 6.44. The van der Waals surface area contributed by atoms with Gasteiger partial charge in [-0.25, -0.2) is 9.37 Å². The van der Waals surface area contributed by atoms with Gasteiger partial charge < -0.3 is 14.4 Å². The summed E-state index contributed by atoms with van der Waals surface area (Å²) in [6, 6.07) is 10.8. The molecule has 1 aliphatic carbocycles. The van der Waals surface area contributed by atoms with Gasteiger partial charge in [0.15, 0.2) is 11.6 Å². The molecule has 32 heavy (non-hydrogen) atoms. The van der Waals surface area contributed by atoms with Crippen LogP contribution in [0.5, 0.6) is 5.75 Å². The number of rotatable bonds is 6. The number of hydrogen-bond donors (Lipinski definition) is 3. The van der Waals surface area contributed by atoms with Crippen molar-refractivity contribution in [3.63, 3.8) is 0 Å². The predicted octanol–water partition coefficient (Wildman–Crippen LogP) is 4.00. The largest absolute Gasteiger partial charge is 0.494 e. The second-order valence-electron chi connectivity index (χ2n) is 8.52. The van der Waals surface area contributed by atoms with Crippen LogP contribution in [0.1, 0.15) is 41.7 Å². The van der Waals surface area contributed by atoms with E-state index in [0.29, 0.717) is 5.69 Å². The van der Waals surface area contributed by atoms with Gasteiger partial charge in [0.05, 0.1) is 24.2 Å². The van der Waals surface area contributed by atoms with Crippen LogP contribution in [0.3, 0.4) is 0 Å². The van der Waals surface area contributed by atoms with Crippen LogP contribution in [0.25, 0.3) is 22.3 Å². The Morgan fingerprint density at radius 2 is 2.00 bits per heavy atom. The quantitative estimate of drug-likeness (QED) is 0.399. The lowest BCUT2D eigenvalue weighted by Gasteiger charge is -2.23. The molecule has 166 valence electrons. The van der Waals surface area contributed by atoms with Gasteiger partial charge in [0.2, 0.25) is 0 Å². The monoisotopic (exact) mass is 435 g/mol. The highest BCUT2D eigenvalue weighted by atomic mass is 19.1. The van der Waals surface area contributed by atoms with Gasteiger partial charge in [-0.1, -0.05) is 6.07 Å². The van der Waals surface area contributed by atoms with Crippen LogP contribution in [0.15, 0.2) is 36.4 Å². The van der Waals surface area contributed by atoms with Crippen molar-refractivity contribution >= 4 is 11.0 Å². The lowest BCUT2D eigenvalue weighted by molar-refractivity contribution is 0.110. The minimum Gasteiger partial charge on any atom is -0.494 e. The van der Waals surface area contributed by atoms with Crippen molar-refractivity contribution in [1.82, 2.24) is 25.1 Å². The number of hydrogen-bond acceptors (Lipinski definition) is 5. The van der Waals surface area contributed by atoms with Crippen molar-refractivity contribution < 1.29 is 14.2 Å². The Morgan fingerprint density at radius 1 is 1.22 bits per heavy atom. The molecule has 7 nitrogen and oxygen atoms in total. The third-order valence-electron chi connectivity index (χ3n) is 6.44. The molecule has 1 aromatic carbocycles. The summed E-state index contributed by atoms with van der Waals surface area (Å²) in [5.74, 6) is -0.192. The van der Waals surface area contributed by atoms with E-state index in [9.17, 15) is 9.50 Å². The molecule has 1 fully saturated rings. The van der Waals surface area contributed by atoms with Crippen LogP contribution in [-0.2, 0) is 12.6 Å². The standard InChI is InChI=1S/C24H26FN5O2/c1-13-21(14(2)29-28-13)18-8-5-15-11-19(30(3)22(15)26-18)23(31)27-24(9-10-24)16-6-7-17(25)20(12-16)32-4/h5-8,11-12,23,27,31H,9-10H2,1-4H3,(H,28,29). The van der Waals surface area contributed by atoms with Crippen molar-refractivity contribution in [2.75, 3.05) is 7.11 Å². The highest BCUT2D eigenvalue weighted by molar-refractivity contribution is 5.81. The van der Waals surface area contributed by atoms with Crippen LogP contribution >= 0.6 is 0 Å². The SMILES string of the molecule is COc1cc(C2(NC(O)c3cc4ccc(-c5c(C)n[nH]c5C)nc4n3C)CC2)ccc1F. The number of ether oxygens (including phenoxy) is 1. The van der Waals surface area contributed by atoms with Crippen LogP contribution in [0.2, 0.25) is 0 Å². The van der Waals surface area contributed by atoms with Gasteiger partial charge in [-0.15, -0.1) is 0 Å². The first-order valence-corrected chi connectivity index (χ1v) is 10.6. The first-order valence-electron chi connectivity index (χ1n) is 10.6. The van der Waals surface area contributed by atoms with Crippen molar-refractivity contribution in [2.24, 2.45) is 7.05 Å². The Labute approximate surface area is 185 Å². The van der Waals surface area contributed by atoms with E-state index in [1.165, 1.54) is 13.2 Å². The number of methoxy groups -OCH3 is 1. The zero-order valence-electron chi connectivity index (χ0n) is 18.5. The van der Waals surface area contributed by atoms with Crippen LogP contribution < -0.4 is 10.1 Å². The molecule has 4 aromatic rings. The number of benzene rings is 1. The van der Waals surface area contributed by atoms with Gasteiger partial charge in [-0.2, -0.15) is 5.10 Å². The number of pyridine rings is 1. The van der Waals surface area contributed by atoms with E-state index in [1.807, 2.05) is 43.7 Å². The summed E-state index contributed by atoms with van der Waals surface area (Å²) in [6.45, 7) is 3.93. The molecule has 0 bridgehead atoms. The molecule has 3 N–H and O–H groups in total. The number of fused-ring (bicyclic) bond motifs is 1. The second-order valence-corrected chi connectivity index (χ2v) is 8.52. The molecule has 5 rings (SSSR count). The summed E-state index contributed by atoms with van der Waals surface area (Å²) in [4.78, 5) is 4.85. The third kappa shape index (κ3) is 3.27. The van der Waals surface area contributed by atoms with E-state index in [2.05, 4.69) is 15.5 Å². The zero-order chi connectivity index (χ0) is 22.6. The highest BCUT2D eigenvalue weighted by Gasteiger charge is 2.46. The van der Waals surface area contributed by atoms with Gasteiger partial charge in [-0.3, -0.25) is 10.4 Å². The van der Waals surface area contributed by atoms with E-state index in [0.717, 1.165) is 52.1 Å². The molecule has 0 spiro atoms.